The standard InChI is InChI=1S/C24H23F3N8O5/c1-28-22(38)18-16(36)17(37)23(40-18)35-10-31-15-20(30-8-12-4-3-5-14(32-12)24(25,26)27)33-19(34-21(15)35)11-6-13(39-2)9-29-7-11/h3-7,9-10,16-18,23,36-37H,8H2,1-2H3,(H,28,38)(H,30,33,34)/t16?,17?,18-,23?/m1/s1. The van der Waals surface area contributed by atoms with Crippen LogP contribution in [0, 0.1) is 0 Å². The lowest BCUT2D eigenvalue weighted by Crippen LogP contribution is -2.41. The molecule has 4 atom stereocenters. The molecule has 0 saturated carbocycles. The molecule has 1 saturated heterocycles. The highest BCUT2D eigenvalue weighted by atomic mass is 19.4. The van der Waals surface area contributed by atoms with E-state index in [2.05, 4.69) is 35.6 Å². The van der Waals surface area contributed by atoms with Crippen molar-refractivity contribution in [1.82, 2.24) is 34.8 Å². The molecule has 4 aromatic heterocycles. The Bertz CT molecular complexity index is 1550. The van der Waals surface area contributed by atoms with Gasteiger partial charge in [-0.1, -0.05) is 6.07 Å². The Morgan fingerprint density at radius 2 is 1.98 bits per heavy atom. The van der Waals surface area contributed by atoms with Crippen molar-refractivity contribution in [1.29, 1.82) is 0 Å². The maximum Gasteiger partial charge on any atom is 0.433 e. The second-order valence-corrected chi connectivity index (χ2v) is 8.74. The van der Waals surface area contributed by atoms with Gasteiger partial charge in [0.15, 0.2) is 35.1 Å². The van der Waals surface area contributed by atoms with Crippen LogP contribution in [0.25, 0.3) is 22.6 Å². The number of likely N-dealkylation sites (N-methyl/N-ethyl adjacent to an activating group) is 1. The number of pyridine rings is 2. The number of methoxy groups -OCH3 is 1. The average molecular weight is 560 g/mol. The van der Waals surface area contributed by atoms with Gasteiger partial charge in [0.1, 0.15) is 23.7 Å². The van der Waals surface area contributed by atoms with Crippen molar-refractivity contribution in [2.75, 3.05) is 19.5 Å². The number of anilines is 1. The summed E-state index contributed by atoms with van der Waals surface area (Å²) in [6.45, 7) is -0.140. The van der Waals surface area contributed by atoms with Crippen LogP contribution in [0.3, 0.4) is 0 Å². The molecular formula is C24H23F3N8O5. The molecule has 0 radical (unpaired) electrons. The van der Waals surface area contributed by atoms with E-state index in [9.17, 15) is 28.2 Å². The lowest BCUT2D eigenvalue weighted by atomic mass is 10.1. The maximum absolute atomic E-state index is 13.1. The van der Waals surface area contributed by atoms with Crippen LogP contribution in [0.5, 0.6) is 5.75 Å². The number of aromatic nitrogens is 6. The molecule has 0 spiro atoms. The molecule has 1 amide bonds. The first-order valence-corrected chi connectivity index (χ1v) is 11.8. The first-order valence-electron chi connectivity index (χ1n) is 11.8. The van der Waals surface area contributed by atoms with E-state index in [1.165, 1.54) is 49.6 Å². The molecule has 1 aliphatic heterocycles. The molecule has 1 aliphatic rings. The van der Waals surface area contributed by atoms with E-state index in [1.54, 1.807) is 6.07 Å². The monoisotopic (exact) mass is 560 g/mol. The smallest absolute Gasteiger partial charge is 0.433 e. The predicted octanol–water partition coefficient (Wildman–Crippen LogP) is 1.29. The molecule has 5 rings (SSSR count). The van der Waals surface area contributed by atoms with Crippen LogP contribution in [0.4, 0.5) is 19.0 Å². The van der Waals surface area contributed by atoms with Crippen LogP contribution in [0.15, 0.2) is 43.0 Å². The number of ether oxygens (including phenoxy) is 2. The number of halogens is 3. The molecule has 4 aromatic rings. The van der Waals surface area contributed by atoms with Crippen molar-refractivity contribution in [2.45, 2.75) is 37.3 Å². The minimum Gasteiger partial charge on any atom is -0.495 e. The van der Waals surface area contributed by atoms with Crippen molar-refractivity contribution in [3.63, 3.8) is 0 Å². The second kappa shape index (κ2) is 10.6. The summed E-state index contributed by atoms with van der Waals surface area (Å²) in [5.74, 6) is 0.0587. The summed E-state index contributed by atoms with van der Waals surface area (Å²) in [4.78, 5) is 33.3. The van der Waals surface area contributed by atoms with Gasteiger partial charge in [0.25, 0.3) is 5.91 Å². The van der Waals surface area contributed by atoms with Gasteiger partial charge in [0.05, 0.1) is 31.9 Å². The van der Waals surface area contributed by atoms with Gasteiger partial charge in [-0.3, -0.25) is 14.3 Å². The predicted molar refractivity (Wildman–Crippen MR) is 132 cm³/mol. The first-order chi connectivity index (χ1) is 19.1. The van der Waals surface area contributed by atoms with Crippen LogP contribution in [-0.4, -0.2) is 78.1 Å². The number of alkyl halides is 3. The molecular weight excluding hydrogens is 537 g/mol. The fourth-order valence-electron chi connectivity index (χ4n) is 4.17. The van der Waals surface area contributed by atoms with Gasteiger partial charge in [0, 0.05) is 18.8 Å². The van der Waals surface area contributed by atoms with Gasteiger partial charge in [-0.05, 0) is 18.2 Å². The number of fused-ring (bicyclic) bond motifs is 1. The summed E-state index contributed by atoms with van der Waals surface area (Å²) in [6.07, 6.45) is -6.00. The molecule has 4 N–H and O–H groups in total. The van der Waals surface area contributed by atoms with E-state index in [4.69, 9.17) is 9.47 Å². The van der Waals surface area contributed by atoms with Crippen LogP contribution >= 0.6 is 0 Å². The summed E-state index contributed by atoms with van der Waals surface area (Å²) in [5.41, 5.74) is -0.188. The highest BCUT2D eigenvalue weighted by Gasteiger charge is 2.47. The SMILES string of the molecule is CNC(=O)[C@@H]1OC(n2cnc3c(NCc4cccc(C(F)(F)F)n4)nc(-c4cncc(OC)c4)nc32)C(O)C1O. The summed E-state index contributed by atoms with van der Waals surface area (Å²) in [7, 11) is 2.82. The Kier molecular flexibility index (Phi) is 7.22. The van der Waals surface area contributed by atoms with Gasteiger partial charge in [0.2, 0.25) is 0 Å². The number of nitrogens with one attached hydrogen (secondary N) is 2. The van der Waals surface area contributed by atoms with Gasteiger partial charge >= 0.3 is 6.18 Å². The maximum atomic E-state index is 13.1. The molecule has 3 unspecified atom stereocenters. The zero-order chi connectivity index (χ0) is 28.6. The summed E-state index contributed by atoms with van der Waals surface area (Å²) >= 11 is 0. The number of carbonyl (C=O) groups excluding carboxylic acids is 1. The molecule has 0 aromatic carbocycles. The summed E-state index contributed by atoms with van der Waals surface area (Å²) in [6, 6.07) is 5.17. The number of hydrogen-bond donors (Lipinski definition) is 4. The third kappa shape index (κ3) is 5.11. The lowest BCUT2D eigenvalue weighted by molar-refractivity contribution is -0.141. The molecule has 16 heteroatoms. The Balaban J connectivity index is 1.57. The Hall–Kier alpha value is -4.41. The van der Waals surface area contributed by atoms with Crippen LogP contribution < -0.4 is 15.4 Å². The normalized spacial score (nSPS) is 21.0. The number of rotatable bonds is 7. The zero-order valence-corrected chi connectivity index (χ0v) is 21.0. The second-order valence-electron chi connectivity index (χ2n) is 8.74. The Morgan fingerprint density at radius 1 is 1.18 bits per heavy atom. The largest absolute Gasteiger partial charge is 0.495 e. The van der Waals surface area contributed by atoms with Crippen molar-refractivity contribution < 1.29 is 37.7 Å². The van der Waals surface area contributed by atoms with Crippen molar-refractivity contribution >= 4 is 22.9 Å². The van der Waals surface area contributed by atoms with E-state index in [1.807, 2.05) is 0 Å². The average Bonchev–Trinajstić information content (AvgIpc) is 3.51. The number of aliphatic hydroxyl groups excluding tert-OH is 2. The Morgan fingerprint density at radius 3 is 2.70 bits per heavy atom. The molecule has 0 bridgehead atoms. The quantitative estimate of drug-likeness (QED) is 0.257. The third-order valence-corrected chi connectivity index (χ3v) is 6.18. The highest BCUT2D eigenvalue weighted by Crippen LogP contribution is 2.34. The summed E-state index contributed by atoms with van der Waals surface area (Å²) in [5, 5.41) is 26.4. The fourth-order valence-corrected chi connectivity index (χ4v) is 4.17. The molecule has 1 fully saturated rings. The van der Waals surface area contributed by atoms with E-state index in [-0.39, 0.29) is 35.0 Å². The fraction of sp³-hybridized carbons (Fsp3) is 0.333. The van der Waals surface area contributed by atoms with E-state index in [0.717, 1.165) is 6.07 Å². The zero-order valence-electron chi connectivity index (χ0n) is 21.0. The van der Waals surface area contributed by atoms with E-state index < -0.39 is 42.3 Å². The molecule has 210 valence electrons. The van der Waals surface area contributed by atoms with Gasteiger partial charge in [-0.25, -0.2) is 19.9 Å². The molecule has 40 heavy (non-hydrogen) atoms. The van der Waals surface area contributed by atoms with Crippen LogP contribution in [-0.2, 0) is 22.3 Å². The first kappa shape index (κ1) is 27.2. The summed E-state index contributed by atoms with van der Waals surface area (Å²) < 4.78 is 51.7. The topological polar surface area (TPSA) is 169 Å². The molecule has 5 heterocycles. The number of carbonyl (C=O) groups is 1. The van der Waals surface area contributed by atoms with Crippen LogP contribution in [0.2, 0.25) is 0 Å². The Labute approximate surface area is 224 Å². The lowest BCUT2D eigenvalue weighted by Gasteiger charge is -2.17. The molecule has 13 nitrogen and oxygen atoms in total. The number of hydrogen-bond acceptors (Lipinski definition) is 11. The number of amides is 1. The van der Waals surface area contributed by atoms with Crippen LogP contribution in [0.1, 0.15) is 17.6 Å². The minimum absolute atomic E-state index is 0.0942. The van der Waals surface area contributed by atoms with E-state index >= 15 is 0 Å². The number of nitrogens with zero attached hydrogens (tertiary/aromatic N) is 6. The van der Waals surface area contributed by atoms with Crippen molar-refractivity contribution in [2.24, 2.45) is 0 Å². The van der Waals surface area contributed by atoms with Gasteiger partial charge < -0.3 is 30.3 Å². The van der Waals surface area contributed by atoms with E-state index in [0.29, 0.717) is 11.3 Å². The minimum atomic E-state index is -4.61. The third-order valence-electron chi connectivity index (χ3n) is 6.18. The van der Waals surface area contributed by atoms with Crippen molar-refractivity contribution in [3.05, 3.63) is 54.4 Å². The molecule has 0 aliphatic carbocycles. The van der Waals surface area contributed by atoms with Gasteiger partial charge in [-0.15, -0.1) is 0 Å². The van der Waals surface area contributed by atoms with Gasteiger partial charge in [-0.2, -0.15) is 13.2 Å². The van der Waals surface area contributed by atoms with Crippen molar-refractivity contribution in [3.8, 4) is 17.1 Å². The number of imidazole rings is 1. The highest BCUT2D eigenvalue weighted by molar-refractivity contribution is 5.85. The number of aliphatic hydroxyl groups is 2.